The third-order valence-electron chi connectivity index (χ3n) is 4.29. The third-order valence-corrected chi connectivity index (χ3v) is 5.28. The van der Waals surface area contributed by atoms with Crippen molar-refractivity contribution in [3.8, 4) is 0 Å². The highest BCUT2D eigenvalue weighted by atomic mass is 32.1. The molecule has 3 heteroatoms. The maximum atomic E-state index is 10.8. The highest BCUT2D eigenvalue weighted by Gasteiger charge is 2.26. The van der Waals surface area contributed by atoms with Crippen molar-refractivity contribution in [2.24, 2.45) is 0 Å². The molecule has 0 aliphatic carbocycles. The zero-order valence-electron chi connectivity index (χ0n) is 11.6. The summed E-state index contributed by atoms with van der Waals surface area (Å²) in [5, 5.41) is 17.6. The first-order valence-corrected chi connectivity index (χ1v) is 8.19. The fourth-order valence-corrected chi connectivity index (χ4v) is 4.13. The summed E-state index contributed by atoms with van der Waals surface area (Å²) in [6.07, 6.45) is 1.52. The monoisotopic (exact) mass is 295 g/mol. The molecular formula is C18H17NOS. The van der Waals surface area contributed by atoms with Gasteiger partial charge in [-0.2, -0.15) is 0 Å². The third kappa shape index (κ3) is 2.23. The van der Waals surface area contributed by atoms with Gasteiger partial charge in [0.2, 0.25) is 0 Å². The van der Waals surface area contributed by atoms with Gasteiger partial charge in [0.1, 0.15) is 6.10 Å². The van der Waals surface area contributed by atoms with E-state index in [2.05, 4.69) is 41.0 Å². The van der Waals surface area contributed by atoms with E-state index in [4.69, 9.17) is 0 Å². The Balaban J connectivity index is 1.65. The first kappa shape index (κ1) is 12.9. The topological polar surface area (TPSA) is 32.3 Å². The molecule has 4 rings (SSSR count). The number of nitrogens with one attached hydrogen (secondary N) is 1. The molecule has 2 unspecified atom stereocenters. The normalized spacial score (nSPS) is 19.0. The lowest BCUT2D eigenvalue weighted by molar-refractivity contribution is 0.151. The minimum Gasteiger partial charge on any atom is -0.386 e. The fourth-order valence-electron chi connectivity index (χ4n) is 3.14. The summed E-state index contributed by atoms with van der Waals surface area (Å²) in [6.45, 7) is 0. The SMILES string of the molecule is OC(c1csc2ccccc12)C1CCc2ccccc2N1. The smallest absolute Gasteiger partial charge is 0.100 e. The minimum atomic E-state index is -0.463. The second-order valence-electron chi connectivity index (χ2n) is 5.58. The lowest BCUT2D eigenvalue weighted by Gasteiger charge is -2.30. The number of benzene rings is 2. The summed E-state index contributed by atoms with van der Waals surface area (Å²) in [5.41, 5.74) is 3.55. The van der Waals surface area contributed by atoms with Crippen LogP contribution in [0.2, 0.25) is 0 Å². The van der Waals surface area contributed by atoms with Crippen LogP contribution in [-0.2, 0) is 6.42 Å². The Morgan fingerprint density at radius 1 is 1.10 bits per heavy atom. The number of aliphatic hydroxyl groups excluding tert-OH is 1. The van der Waals surface area contributed by atoms with E-state index >= 15 is 0 Å². The summed E-state index contributed by atoms with van der Waals surface area (Å²) in [6, 6.07) is 16.7. The van der Waals surface area contributed by atoms with Crippen molar-refractivity contribution in [2.45, 2.75) is 25.0 Å². The summed E-state index contributed by atoms with van der Waals surface area (Å²) >= 11 is 1.70. The van der Waals surface area contributed by atoms with Gasteiger partial charge < -0.3 is 10.4 Å². The first-order chi connectivity index (χ1) is 10.3. The number of fused-ring (bicyclic) bond motifs is 2. The standard InChI is InChI=1S/C18H17NOS/c20-18(14-11-21-17-8-4-2-6-13(14)17)16-10-9-12-5-1-3-7-15(12)19-16/h1-8,11,16,18-20H,9-10H2. The molecule has 2 atom stereocenters. The van der Waals surface area contributed by atoms with E-state index in [1.54, 1.807) is 11.3 Å². The van der Waals surface area contributed by atoms with Crippen LogP contribution in [0.15, 0.2) is 53.9 Å². The molecule has 0 amide bonds. The number of aryl methyl sites for hydroxylation is 1. The number of aliphatic hydroxyl groups is 1. The quantitative estimate of drug-likeness (QED) is 0.736. The highest BCUT2D eigenvalue weighted by molar-refractivity contribution is 7.17. The molecule has 1 aliphatic heterocycles. The Labute approximate surface area is 128 Å². The predicted molar refractivity (Wildman–Crippen MR) is 89.0 cm³/mol. The summed E-state index contributed by atoms with van der Waals surface area (Å²) in [5.74, 6) is 0. The largest absolute Gasteiger partial charge is 0.386 e. The van der Waals surface area contributed by atoms with E-state index in [1.807, 2.05) is 18.2 Å². The zero-order valence-corrected chi connectivity index (χ0v) is 12.4. The van der Waals surface area contributed by atoms with Gasteiger partial charge in [-0.1, -0.05) is 36.4 Å². The van der Waals surface area contributed by atoms with E-state index in [9.17, 15) is 5.11 Å². The molecule has 3 aromatic rings. The molecule has 0 bridgehead atoms. The van der Waals surface area contributed by atoms with Crippen molar-refractivity contribution in [2.75, 3.05) is 5.32 Å². The van der Waals surface area contributed by atoms with Gasteiger partial charge >= 0.3 is 0 Å². The molecule has 2 aromatic carbocycles. The van der Waals surface area contributed by atoms with Gasteiger partial charge in [-0.25, -0.2) is 0 Å². The van der Waals surface area contributed by atoms with E-state index < -0.39 is 6.10 Å². The van der Waals surface area contributed by atoms with Gasteiger partial charge in [0.05, 0.1) is 6.04 Å². The van der Waals surface area contributed by atoms with Crippen LogP contribution in [0.4, 0.5) is 5.69 Å². The summed E-state index contributed by atoms with van der Waals surface area (Å²) in [7, 11) is 0. The van der Waals surface area contributed by atoms with E-state index in [1.165, 1.54) is 15.6 Å². The molecule has 21 heavy (non-hydrogen) atoms. The molecule has 0 spiro atoms. The Bertz CT molecular complexity index is 779. The average molecular weight is 295 g/mol. The fraction of sp³-hybridized carbons (Fsp3) is 0.222. The van der Waals surface area contributed by atoms with Crippen LogP contribution in [-0.4, -0.2) is 11.1 Å². The van der Waals surface area contributed by atoms with Crippen molar-refractivity contribution < 1.29 is 5.11 Å². The van der Waals surface area contributed by atoms with Crippen molar-refractivity contribution in [1.82, 2.24) is 0 Å². The van der Waals surface area contributed by atoms with Crippen molar-refractivity contribution in [3.63, 3.8) is 0 Å². The van der Waals surface area contributed by atoms with Gasteiger partial charge in [-0.05, 0) is 41.3 Å². The van der Waals surface area contributed by atoms with Gasteiger partial charge in [0.25, 0.3) is 0 Å². The number of anilines is 1. The molecule has 0 saturated carbocycles. The van der Waals surface area contributed by atoms with Gasteiger partial charge in [-0.15, -0.1) is 11.3 Å². The summed E-state index contributed by atoms with van der Waals surface area (Å²) in [4.78, 5) is 0. The Morgan fingerprint density at radius 3 is 2.86 bits per heavy atom. The Hall–Kier alpha value is -1.84. The van der Waals surface area contributed by atoms with Crippen LogP contribution in [0.5, 0.6) is 0 Å². The molecule has 0 fully saturated rings. The van der Waals surface area contributed by atoms with Crippen LogP contribution in [0.25, 0.3) is 10.1 Å². The lowest BCUT2D eigenvalue weighted by Crippen LogP contribution is -2.31. The van der Waals surface area contributed by atoms with Gasteiger partial charge in [0, 0.05) is 16.0 Å². The van der Waals surface area contributed by atoms with E-state index in [0.717, 1.165) is 24.1 Å². The van der Waals surface area contributed by atoms with E-state index in [-0.39, 0.29) is 6.04 Å². The molecular weight excluding hydrogens is 278 g/mol. The Morgan fingerprint density at radius 2 is 1.90 bits per heavy atom. The number of hydrogen-bond donors (Lipinski definition) is 2. The summed E-state index contributed by atoms with van der Waals surface area (Å²) < 4.78 is 1.24. The molecule has 1 aromatic heterocycles. The lowest BCUT2D eigenvalue weighted by atomic mass is 9.91. The maximum Gasteiger partial charge on any atom is 0.100 e. The van der Waals surface area contributed by atoms with Crippen LogP contribution >= 0.6 is 11.3 Å². The van der Waals surface area contributed by atoms with Crippen molar-refractivity contribution in [3.05, 3.63) is 65.0 Å². The average Bonchev–Trinajstić information content (AvgIpc) is 2.98. The molecule has 1 aliphatic rings. The van der Waals surface area contributed by atoms with Crippen LogP contribution in [0.1, 0.15) is 23.7 Å². The minimum absolute atomic E-state index is 0.0814. The number of hydrogen-bond acceptors (Lipinski definition) is 3. The highest BCUT2D eigenvalue weighted by Crippen LogP contribution is 2.35. The molecule has 0 radical (unpaired) electrons. The second kappa shape index (κ2) is 5.17. The van der Waals surface area contributed by atoms with E-state index in [0.29, 0.717) is 0 Å². The van der Waals surface area contributed by atoms with Crippen molar-refractivity contribution in [1.29, 1.82) is 0 Å². The molecule has 2 heterocycles. The predicted octanol–water partition coefficient (Wildman–Crippen LogP) is 4.36. The molecule has 106 valence electrons. The first-order valence-electron chi connectivity index (χ1n) is 7.31. The van der Waals surface area contributed by atoms with Crippen LogP contribution in [0, 0.1) is 0 Å². The maximum absolute atomic E-state index is 10.8. The van der Waals surface area contributed by atoms with Crippen LogP contribution < -0.4 is 5.32 Å². The number of rotatable bonds is 2. The second-order valence-corrected chi connectivity index (χ2v) is 6.49. The van der Waals surface area contributed by atoms with Gasteiger partial charge in [0.15, 0.2) is 0 Å². The Kier molecular flexibility index (Phi) is 3.17. The molecule has 2 N–H and O–H groups in total. The van der Waals surface area contributed by atoms with Crippen LogP contribution in [0.3, 0.4) is 0 Å². The number of para-hydroxylation sites is 1. The van der Waals surface area contributed by atoms with Crippen molar-refractivity contribution >= 4 is 27.1 Å². The number of thiophene rings is 1. The zero-order chi connectivity index (χ0) is 14.2. The van der Waals surface area contributed by atoms with Gasteiger partial charge in [-0.3, -0.25) is 0 Å². The molecule has 0 saturated heterocycles. The molecule has 2 nitrogen and oxygen atoms in total.